The van der Waals surface area contributed by atoms with Crippen LogP contribution in [-0.4, -0.2) is 22.0 Å². The summed E-state index contributed by atoms with van der Waals surface area (Å²) in [5, 5.41) is 18.0. The fourth-order valence-corrected chi connectivity index (χ4v) is 2.93. The van der Waals surface area contributed by atoms with E-state index in [9.17, 15) is 5.11 Å². The van der Waals surface area contributed by atoms with Gasteiger partial charge in [-0.15, -0.1) is 0 Å². The fraction of sp³-hybridized carbons (Fsp3) is 0.476. The second kappa shape index (κ2) is 7.45. The van der Waals surface area contributed by atoms with Crippen molar-refractivity contribution in [1.29, 1.82) is 0 Å². The van der Waals surface area contributed by atoms with Crippen molar-refractivity contribution in [2.75, 3.05) is 0 Å². The fourth-order valence-electron chi connectivity index (χ4n) is 2.75. The van der Waals surface area contributed by atoms with Crippen molar-refractivity contribution in [2.45, 2.75) is 54.0 Å². The number of halogens is 1. The van der Waals surface area contributed by atoms with Gasteiger partial charge in [0.05, 0.1) is 11.8 Å². The van der Waals surface area contributed by atoms with E-state index in [1.807, 2.05) is 24.3 Å². The third-order valence-corrected chi connectivity index (χ3v) is 4.41. The van der Waals surface area contributed by atoms with Crippen LogP contribution in [0.3, 0.4) is 0 Å². The van der Waals surface area contributed by atoms with Crippen molar-refractivity contribution in [1.82, 2.24) is 10.5 Å². The summed E-state index contributed by atoms with van der Waals surface area (Å²) in [5.74, 6) is 0.186. The maximum absolute atomic E-state index is 11.1. The first-order valence-electron chi connectivity index (χ1n) is 8.89. The van der Waals surface area contributed by atoms with Gasteiger partial charge < -0.3 is 5.11 Å². The van der Waals surface area contributed by atoms with E-state index in [2.05, 4.69) is 58.6 Å². The number of nitrogens with zero attached hydrogens (tertiary/aromatic N) is 2. The van der Waals surface area contributed by atoms with E-state index in [-0.39, 0.29) is 22.6 Å². The smallest absolute Gasteiger partial charge is 0.145 e. The zero-order chi connectivity index (χ0) is 19.7. The number of hydrazine groups is 1. The van der Waals surface area contributed by atoms with Crippen LogP contribution in [0.4, 0.5) is 0 Å². The lowest BCUT2D eigenvalue weighted by atomic mass is 9.84. The molecule has 0 radical (unpaired) electrons. The van der Waals surface area contributed by atoms with Gasteiger partial charge in [-0.05, 0) is 29.4 Å². The largest absolute Gasteiger partial charge is 0.505 e. The highest BCUT2D eigenvalue weighted by atomic mass is 35.5. The molecule has 1 unspecified atom stereocenters. The van der Waals surface area contributed by atoms with Crippen LogP contribution in [0, 0.1) is 10.8 Å². The molecule has 4 nitrogen and oxygen atoms in total. The summed E-state index contributed by atoms with van der Waals surface area (Å²) in [6.07, 6.45) is 10.2. The van der Waals surface area contributed by atoms with Gasteiger partial charge in [0.2, 0.25) is 0 Å². The third kappa shape index (κ3) is 4.89. The zero-order valence-electron chi connectivity index (χ0n) is 16.6. The van der Waals surface area contributed by atoms with Crippen molar-refractivity contribution >= 4 is 17.3 Å². The number of nitrogens with one attached hydrogen (secondary N) is 1. The summed E-state index contributed by atoms with van der Waals surface area (Å²) >= 11 is 6.09. The molecule has 0 aromatic heterocycles. The second-order valence-electron chi connectivity index (χ2n) is 8.90. The molecule has 0 spiro atoms. The third-order valence-electron chi connectivity index (χ3n) is 4.17. The van der Waals surface area contributed by atoms with Crippen LogP contribution < -0.4 is 5.43 Å². The van der Waals surface area contributed by atoms with Crippen LogP contribution in [0.1, 0.15) is 48.0 Å². The molecule has 2 aliphatic rings. The van der Waals surface area contributed by atoms with Crippen LogP contribution in [-0.2, 0) is 0 Å². The summed E-state index contributed by atoms with van der Waals surface area (Å²) in [5.41, 5.74) is 5.38. The first-order valence-corrected chi connectivity index (χ1v) is 9.27. The van der Waals surface area contributed by atoms with Crippen molar-refractivity contribution in [3.8, 4) is 0 Å². The number of hydrogen-bond acceptors (Lipinski definition) is 4. The van der Waals surface area contributed by atoms with E-state index in [4.69, 9.17) is 11.6 Å². The van der Waals surface area contributed by atoms with Gasteiger partial charge in [0, 0.05) is 10.6 Å². The standard InChI is InChI=1S/C21H30ClN3O/c1-8-15(21(5,6)7)19(26)18(11-12-20(2,3)4)25-23-16-10-9-14(22)13-17(16)24-25/h8-11,13,16,23,26H,1,12H2,2-7H3/b18-11+,19-15-. The highest BCUT2D eigenvalue weighted by molar-refractivity contribution is 6.33. The Morgan fingerprint density at radius 3 is 2.54 bits per heavy atom. The molecule has 26 heavy (non-hydrogen) atoms. The molecule has 0 amide bonds. The molecule has 2 rings (SSSR count). The number of rotatable bonds is 4. The molecule has 0 aromatic rings. The first kappa shape index (κ1) is 20.5. The normalized spacial score (nSPS) is 21.9. The molecule has 0 fully saturated rings. The Bertz CT molecular complexity index is 727. The Morgan fingerprint density at radius 1 is 1.35 bits per heavy atom. The molecule has 0 saturated heterocycles. The van der Waals surface area contributed by atoms with Crippen molar-refractivity contribution in [3.63, 3.8) is 0 Å². The Hall–Kier alpha value is -1.78. The van der Waals surface area contributed by atoms with Gasteiger partial charge in [-0.3, -0.25) is 0 Å². The minimum atomic E-state index is -0.241. The van der Waals surface area contributed by atoms with E-state index in [1.54, 1.807) is 11.2 Å². The molecule has 0 aromatic carbocycles. The van der Waals surface area contributed by atoms with Crippen LogP contribution in [0.25, 0.3) is 0 Å². The van der Waals surface area contributed by atoms with E-state index in [1.165, 1.54) is 0 Å². The summed E-state index contributed by atoms with van der Waals surface area (Å²) in [4.78, 5) is 0. The van der Waals surface area contributed by atoms with Crippen LogP contribution >= 0.6 is 11.6 Å². The summed E-state index contributed by atoms with van der Waals surface area (Å²) < 4.78 is 0. The SMILES string of the molecule is C=C/C(=C(O)\C(=C/CC(C)(C)C)N1N=C2C=C(Cl)C=CC2N1)C(C)(C)C. The molecule has 2 N–H and O–H groups in total. The van der Waals surface area contributed by atoms with Gasteiger partial charge in [-0.1, -0.05) is 78.0 Å². The number of aliphatic hydroxyl groups is 1. The van der Waals surface area contributed by atoms with Crippen LogP contribution in [0.2, 0.25) is 0 Å². The number of allylic oxidation sites excluding steroid dienone is 5. The molecule has 1 aliphatic carbocycles. The Balaban J connectivity index is 2.49. The highest BCUT2D eigenvalue weighted by Crippen LogP contribution is 2.33. The van der Waals surface area contributed by atoms with Crippen molar-refractivity contribution in [3.05, 3.63) is 59.0 Å². The van der Waals surface area contributed by atoms with Gasteiger partial charge in [-0.2, -0.15) is 15.6 Å². The maximum Gasteiger partial charge on any atom is 0.145 e. The molecular weight excluding hydrogens is 346 g/mol. The van der Waals surface area contributed by atoms with E-state index < -0.39 is 0 Å². The summed E-state index contributed by atoms with van der Waals surface area (Å²) in [7, 11) is 0. The molecule has 1 aliphatic heterocycles. The molecular formula is C21H30ClN3O. The average Bonchev–Trinajstić information content (AvgIpc) is 2.87. The number of hydrazone groups is 1. The number of aliphatic hydroxyl groups excluding tert-OH is 1. The number of fused-ring (bicyclic) bond motifs is 1. The van der Waals surface area contributed by atoms with Crippen molar-refractivity contribution in [2.24, 2.45) is 15.9 Å². The van der Waals surface area contributed by atoms with Gasteiger partial charge in [-0.25, -0.2) is 0 Å². The Kier molecular flexibility index (Phi) is 5.89. The Labute approximate surface area is 162 Å². The quantitative estimate of drug-likeness (QED) is 0.497. The van der Waals surface area contributed by atoms with Crippen LogP contribution in [0.15, 0.2) is 64.1 Å². The van der Waals surface area contributed by atoms with E-state index >= 15 is 0 Å². The van der Waals surface area contributed by atoms with Crippen molar-refractivity contribution < 1.29 is 5.11 Å². The molecule has 142 valence electrons. The lowest BCUT2D eigenvalue weighted by Crippen LogP contribution is -2.37. The molecule has 1 heterocycles. The summed E-state index contributed by atoms with van der Waals surface area (Å²) in [6.45, 7) is 16.5. The molecule has 0 saturated carbocycles. The number of hydrogen-bond donors (Lipinski definition) is 2. The minimum Gasteiger partial charge on any atom is -0.505 e. The van der Waals surface area contributed by atoms with Gasteiger partial charge >= 0.3 is 0 Å². The monoisotopic (exact) mass is 375 g/mol. The highest BCUT2D eigenvalue weighted by Gasteiger charge is 2.30. The Morgan fingerprint density at radius 2 is 2.00 bits per heavy atom. The lowest BCUT2D eigenvalue weighted by Gasteiger charge is -2.26. The lowest BCUT2D eigenvalue weighted by molar-refractivity contribution is 0.251. The summed E-state index contributed by atoms with van der Waals surface area (Å²) in [6, 6.07) is -0.0508. The molecule has 5 heteroatoms. The second-order valence-corrected chi connectivity index (χ2v) is 9.34. The van der Waals surface area contributed by atoms with E-state index in [0.29, 0.717) is 10.7 Å². The van der Waals surface area contributed by atoms with Crippen LogP contribution in [0.5, 0.6) is 0 Å². The van der Waals surface area contributed by atoms with E-state index in [0.717, 1.165) is 17.7 Å². The van der Waals surface area contributed by atoms with Gasteiger partial charge in [0.15, 0.2) is 0 Å². The predicted octanol–water partition coefficient (Wildman–Crippen LogP) is 5.59. The maximum atomic E-state index is 11.1. The predicted molar refractivity (Wildman–Crippen MR) is 111 cm³/mol. The topological polar surface area (TPSA) is 47.9 Å². The molecule has 0 bridgehead atoms. The zero-order valence-corrected chi connectivity index (χ0v) is 17.4. The van der Waals surface area contributed by atoms with Gasteiger partial charge in [0.25, 0.3) is 0 Å². The van der Waals surface area contributed by atoms with Gasteiger partial charge in [0.1, 0.15) is 11.5 Å². The molecule has 1 atom stereocenters. The minimum absolute atomic E-state index is 0.0508. The average molecular weight is 376 g/mol. The first-order chi connectivity index (χ1) is 11.9.